The smallest absolute Gasteiger partial charge is 0.142 e. The highest BCUT2D eigenvalue weighted by Crippen LogP contribution is 2.38. The lowest BCUT2D eigenvalue weighted by molar-refractivity contribution is -0.00642. The minimum atomic E-state index is -1.27. The van der Waals surface area contributed by atoms with Crippen LogP contribution in [0.15, 0.2) is 12.1 Å². The van der Waals surface area contributed by atoms with E-state index in [4.69, 9.17) is 28.9 Å². The second-order valence-electron chi connectivity index (χ2n) is 4.61. The predicted octanol–water partition coefficient (Wildman–Crippen LogP) is 3.72. The van der Waals surface area contributed by atoms with Gasteiger partial charge in [0.15, 0.2) is 0 Å². The molecule has 1 aromatic rings. The molecule has 0 spiro atoms. The fraction of sp³-hybridized carbons (Fsp3) is 0.538. The molecule has 0 radical (unpaired) electrons. The Morgan fingerprint density at radius 3 is 2.50 bits per heavy atom. The standard InChI is InChI=1S/C13H18Cl2FNO/c1-3-4-8(7-17)13(2,18)9-5-12(16)11(15)6-10(9)14/h5-6,8,18H,3-4,7,17H2,1-2H3. The van der Waals surface area contributed by atoms with E-state index >= 15 is 0 Å². The predicted molar refractivity (Wildman–Crippen MR) is 73.4 cm³/mol. The van der Waals surface area contributed by atoms with E-state index in [9.17, 15) is 9.50 Å². The molecule has 0 amide bonds. The minimum Gasteiger partial charge on any atom is -0.385 e. The zero-order valence-corrected chi connectivity index (χ0v) is 12.0. The van der Waals surface area contributed by atoms with Gasteiger partial charge in [-0.2, -0.15) is 0 Å². The molecular formula is C13H18Cl2FNO. The van der Waals surface area contributed by atoms with Crippen molar-refractivity contribution in [2.75, 3.05) is 6.54 Å². The highest BCUT2D eigenvalue weighted by molar-refractivity contribution is 6.35. The third-order valence-electron chi connectivity index (χ3n) is 3.27. The van der Waals surface area contributed by atoms with Crippen molar-refractivity contribution in [1.82, 2.24) is 0 Å². The summed E-state index contributed by atoms with van der Waals surface area (Å²) in [5, 5.41) is 10.8. The van der Waals surface area contributed by atoms with E-state index in [1.807, 2.05) is 6.92 Å². The Hall–Kier alpha value is -0.350. The second-order valence-corrected chi connectivity index (χ2v) is 5.43. The van der Waals surface area contributed by atoms with Crippen molar-refractivity contribution in [2.24, 2.45) is 11.7 Å². The maximum atomic E-state index is 13.5. The SMILES string of the molecule is CCCC(CN)C(C)(O)c1cc(F)c(Cl)cc1Cl. The summed E-state index contributed by atoms with van der Waals surface area (Å²) in [5.41, 5.74) is 4.74. The van der Waals surface area contributed by atoms with Crippen LogP contribution >= 0.6 is 23.2 Å². The fourth-order valence-corrected chi connectivity index (χ4v) is 2.68. The highest BCUT2D eigenvalue weighted by Gasteiger charge is 2.34. The van der Waals surface area contributed by atoms with Crippen LogP contribution in [0.5, 0.6) is 0 Å². The summed E-state index contributed by atoms with van der Waals surface area (Å²) in [5.74, 6) is -0.774. The van der Waals surface area contributed by atoms with E-state index in [2.05, 4.69) is 0 Å². The summed E-state index contributed by atoms with van der Waals surface area (Å²) in [6.45, 7) is 3.92. The summed E-state index contributed by atoms with van der Waals surface area (Å²) >= 11 is 11.7. The number of hydrogen-bond acceptors (Lipinski definition) is 2. The first-order valence-electron chi connectivity index (χ1n) is 5.92. The lowest BCUT2D eigenvalue weighted by atomic mass is 9.80. The first kappa shape index (κ1) is 15.7. The van der Waals surface area contributed by atoms with Gasteiger partial charge in [-0.15, -0.1) is 0 Å². The number of aliphatic hydroxyl groups is 1. The summed E-state index contributed by atoms with van der Waals surface area (Å²) < 4.78 is 13.5. The van der Waals surface area contributed by atoms with Crippen molar-refractivity contribution in [3.8, 4) is 0 Å². The van der Waals surface area contributed by atoms with Crippen LogP contribution in [0.25, 0.3) is 0 Å². The molecule has 0 aliphatic heterocycles. The van der Waals surface area contributed by atoms with Crippen LogP contribution in [0.2, 0.25) is 10.0 Å². The molecular weight excluding hydrogens is 276 g/mol. The molecule has 102 valence electrons. The average Bonchev–Trinajstić information content (AvgIpc) is 2.30. The monoisotopic (exact) mass is 293 g/mol. The van der Waals surface area contributed by atoms with Crippen LogP contribution in [0, 0.1) is 11.7 Å². The van der Waals surface area contributed by atoms with Crippen molar-refractivity contribution in [3.63, 3.8) is 0 Å². The molecule has 2 atom stereocenters. The van der Waals surface area contributed by atoms with E-state index in [1.165, 1.54) is 12.1 Å². The van der Waals surface area contributed by atoms with E-state index in [0.717, 1.165) is 12.8 Å². The summed E-state index contributed by atoms with van der Waals surface area (Å²) in [7, 11) is 0. The third kappa shape index (κ3) is 3.15. The lowest BCUT2D eigenvalue weighted by Gasteiger charge is -2.33. The zero-order chi connectivity index (χ0) is 13.9. The maximum absolute atomic E-state index is 13.5. The number of hydrogen-bond donors (Lipinski definition) is 2. The van der Waals surface area contributed by atoms with Gasteiger partial charge in [0.1, 0.15) is 5.82 Å². The quantitative estimate of drug-likeness (QED) is 0.813. The Morgan fingerprint density at radius 2 is 2.00 bits per heavy atom. The molecule has 0 aromatic heterocycles. The largest absolute Gasteiger partial charge is 0.385 e. The first-order chi connectivity index (χ1) is 8.34. The van der Waals surface area contributed by atoms with Crippen LogP contribution in [-0.2, 0) is 5.60 Å². The van der Waals surface area contributed by atoms with Crippen molar-refractivity contribution in [2.45, 2.75) is 32.3 Å². The first-order valence-corrected chi connectivity index (χ1v) is 6.67. The Kier molecular flexibility index (Phi) is 5.41. The van der Waals surface area contributed by atoms with Gasteiger partial charge in [-0.25, -0.2) is 4.39 Å². The number of benzene rings is 1. The van der Waals surface area contributed by atoms with E-state index < -0.39 is 11.4 Å². The molecule has 1 rings (SSSR count). The number of halogens is 3. The van der Waals surface area contributed by atoms with Gasteiger partial charge in [-0.3, -0.25) is 0 Å². The Balaban J connectivity index is 3.21. The Bertz CT molecular complexity index is 424. The van der Waals surface area contributed by atoms with Gasteiger partial charge in [0, 0.05) is 16.5 Å². The van der Waals surface area contributed by atoms with E-state index in [0.29, 0.717) is 12.1 Å². The van der Waals surface area contributed by atoms with Crippen molar-refractivity contribution < 1.29 is 9.50 Å². The Labute approximate surface area is 117 Å². The van der Waals surface area contributed by atoms with Crippen LogP contribution < -0.4 is 5.73 Å². The van der Waals surface area contributed by atoms with Crippen LogP contribution in [-0.4, -0.2) is 11.7 Å². The third-order valence-corrected chi connectivity index (χ3v) is 3.87. The van der Waals surface area contributed by atoms with Crippen LogP contribution in [0.4, 0.5) is 4.39 Å². The van der Waals surface area contributed by atoms with Gasteiger partial charge in [-0.1, -0.05) is 36.5 Å². The van der Waals surface area contributed by atoms with Gasteiger partial charge < -0.3 is 10.8 Å². The lowest BCUT2D eigenvalue weighted by Crippen LogP contribution is -2.37. The van der Waals surface area contributed by atoms with Crippen LogP contribution in [0.1, 0.15) is 32.3 Å². The van der Waals surface area contributed by atoms with E-state index in [1.54, 1.807) is 6.92 Å². The summed E-state index contributed by atoms with van der Waals surface area (Å²) in [4.78, 5) is 0. The molecule has 0 aliphatic carbocycles. The van der Waals surface area contributed by atoms with Gasteiger partial charge >= 0.3 is 0 Å². The van der Waals surface area contributed by atoms with Gasteiger partial charge in [0.05, 0.1) is 10.6 Å². The molecule has 0 saturated heterocycles. The maximum Gasteiger partial charge on any atom is 0.142 e. The average molecular weight is 294 g/mol. The molecule has 18 heavy (non-hydrogen) atoms. The molecule has 1 aromatic carbocycles. The second kappa shape index (κ2) is 6.20. The molecule has 0 heterocycles. The molecule has 2 unspecified atom stereocenters. The Morgan fingerprint density at radius 1 is 1.39 bits per heavy atom. The summed E-state index contributed by atoms with van der Waals surface area (Å²) in [6, 6.07) is 2.49. The molecule has 0 aliphatic rings. The number of nitrogens with two attached hydrogens (primary N) is 1. The molecule has 3 N–H and O–H groups in total. The van der Waals surface area contributed by atoms with Crippen molar-refractivity contribution >= 4 is 23.2 Å². The molecule has 0 fully saturated rings. The highest BCUT2D eigenvalue weighted by atomic mass is 35.5. The van der Waals surface area contributed by atoms with Crippen molar-refractivity contribution in [1.29, 1.82) is 0 Å². The van der Waals surface area contributed by atoms with Gasteiger partial charge in [-0.05, 0) is 32.0 Å². The minimum absolute atomic E-state index is 0.0562. The van der Waals surface area contributed by atoms with Gasteiger partial charge in [0.25, 0.3) is 0 Å². The topological polar surface area (TPSA) is 46.2 Å². The molecule has 5 heteroatoms. The fourth-order valence-electron chi connectivity index (χ4n) is 2.11. The van der Waals surface area contributed by atoms with Crippen LogP contribution in [0.3, 0.4) is 0 Å². The van der Waals surface area contributed by atoms with Crippen molar-refractivity contribution in [3.05, 3.63) is 33.6 Å². The summed E-state index contributed by atoms with van der Waals surface area (Å²) in [6.07, 6.45) is 1.62. The molecule has 0 bridgehead atoms. The number of rotatable bonds is 5. The zero-order valence-electron chi connectivity index (χ0n) is 10.5. The molecule has 0 saturated carbocycles. The van der Waals surface area contributed by atoms with E-state index in [-0.39, 0.29) is 16.0 Å². The normalized spacial score (nSPS) is 16.4. The molecule has 2 nitrogen and oxygen atoms in total. The van der Waals surface area contributed by atoms with Gasteiger partial charge in [0.2, 0.25) is 0 Å².